The maximum Gasteiger partial charge on any atom is 0.234 e. The van der Waals surface area contributed by atoms with Crippen molar-refractivity contribution >= 4 is 5.91 Å². The summed E-state index contributed by atoms with van der Waals surface area (Å²) >= 11 is 0. The molecule has 5 nitrogen and oxygen atoms in total. The van der Waals surface area contributed by atoms with Crippen molar-refractivity contribution in [3.63, 3.8) is 0 Å². The van der Waals surface area contributed by atoms with Crippen LogP contribution in [0.3, 0.4) is 0 Å². The summed E-state index contributed by atoms with van der Waals surface area (Å²) in [5, 5.41) is 12.7. The number of nitrogens with one attached hydrogen (secondary N) is 1. The molecule has 1 amide bonds. The zero-order valence-electron chi connectivity index (χ0n) is 13.3. The third-order valence-electron chi connectivity index (χ3n) is 5.12. The van der Waals surface area contributed by atoms with Gasteiger partial charge in [-0.1, -0.05) is 13.3 Å². The van der Waals surface area contributed by atoms with Gasteiger partial charge in [0.15, 0.2) is 0 Å². The Morgan fingerprint density at radius 2 is 2.14 bits per heavy atom. The average Bonchev–Trinajstić information content (AvgIpc) is 2.54. The summed E-state index contributed by atoms with van der Waals surface area (Å²) in [5.74, 6) is 0.0923. The zero-order chi connectivity index (χ0) is 15.1. The van der Waals surface area contributed by atoms with E-state index in [1.807, 2.05) is 0 Å². The Labute approximate surface area is 128 Å². The van der Waals surface area contributed by atoms with E-state index in [1.165, 1.54) is 19.3 Å². The van der Waals surface area contributed by atoms with Crippen LogP contribution in [0.2, 0.25) is 0 Å². The smallest absolute Gasteiger partial charge is 0.234 e. The molecule has 0 aromatic rings. The molecule has 1 unspecified atom stereocenters. The summed E-state index contributed by atoms with van der Waals surface area (Å²) in [6.45, 7) is 5.78. The lowest BCUT2D eigenvalue weighted by molar-refractivity contribution is -0.124. The summed E-state index contributed by atoms with van der Waals surface area (Å²) in [6.07, 6.45) is 6.45. The molecule has 0 saturated carbocycles. The number of rotatable bonds is 6. The fourth-order valence-corrected chi connectivity index (χ4v) is 3.45. The van der Waals surface area contributed by atoms with Gasteiger partial charge >= 0.3 is 0 Å². The van der Waals surface area contributed by atoms with Crippen LogP contribution >= 0.6 is 0 Å². The second-order valence-corrected chi connectivity index (χ2v) is 6.58. The van der Waals surface area contributed by atoms with E-state index in [9.17, 15) is 9.90 Å². The van der Waals surface area contributed by atoms with Gasteiger partial charge in [0.05, 0.1) is 13.2 Å². The molecule has 0 aliphatic carbocycles. The van der Waals surface area contributed by atoms with Crippen molar-refractivity contribution in [1.82, 2.24) is 10.2 Å². The molecule has 2 aliphatic heterocycles. The molecule has 0 aromatic carbocycles. The van der Waals surface area contributed by atoms with Gasteiger partial charge in [-0.25, -0.2) is 0 Å². The number of carbonyl (C=O) groups excluding carboxylic acids is 1. The van der Waals surface area contributed by atoms with Crippen LogP contribution in [-0.4, -0.2) is 61.4 Å². The highest BCUT2D eigenvalue weighted by atomic mass is 16.5. The van der Waals surface area contributed by atoms with Crippen molar-refractivity contribution in [1.29, 1.82) is 0 Å². The molecule has 2 saturated heterocycles. The van der Waals surface area contributed by atoms with Crippen LogP contribution in [-0.2, 0) is 9.53 Å². The Bertz CT molecular complexity index is 329. The van der Waals surface area contributed by atoms with E-state index in [2.05, 4.69) is 17.1 Å². The number of aliphatic hydroxyl groups excluding tert-OH is 1. The molecule has 2 heterocycles. The fraction of sp³-hybridized carbons (Fsp3) is 0.938. The first-order chi connectivity index (χ1) is 10.2. The second kappa shape index (κ2) is 8.11. The lowest BCUT2D eigenvalue weighted by atomic mass is 9.81. The van der Waals surface area contributed by atoms with Crippen LogP contribution < -0.4 is 5.32 Å². The Kier molecular flexibility index (Phi) is 6.45. The van der Waals surface area contributed by atoms with E-state index in [0.29, 0.717) is 32.3 Å². The van der Waals surface area contributed by atoms with Gasteiger partial charge in [-0.2, -0.15) is 0 Å². The molecule has 2 N–H and O–H groups in total. The summed E-state index contributed by atoms with van der Waals surface area (Å²) in [7, 11) is 0. The number of ether oxygens (including phenoxy) is 1. The molecule has 122 valence electrons. The summed E-state index contributed by atoms with van der Waals surface area (Å²) in [4.78, 5) is 14.5. The van der Waals surface area contributed by atoms with Crippen molar-refractivity contribution < 1.29 is 14.6 Å². The van der Waals surface area contributed by atoms with E-state index in [4.69, 9.17) is 4.74 Å². The molecule has 0 spiro atoms. The van der Waals surface area contributed by atoms with Crippen molar-refractivity contribution in [3.8, 4) is 0 Å². The number of hydrogen-bond acceptors (Lipinski definition) is 4. The number of aliphatic hydroxyl groups is 1. The number of hydrogen-bond donors (Lipinski definition) is 2. The molecule has 5 heteroatoms. The number of amides is 1. The molecule has 0 bridgehead atoms. The third kappa shape index (κ3) is 4.66. The Hall–Kier alpha value is -0.650. The van der Waals surface area contributed by atoms with Crippen LogP contribution in [0.4, 0.5) is 0 Å². The highest BCUT2D eigenvalue weighted by Gasteiger charge is 2.32. The summed E-state index contributed by atoms with van der Waals surface area (Å²) < 4.78 is 5.35. The number of piperidine rings is 1. The number of carbonyl (C=O) groups is 1. The summed E-state index contributed by atoms with van der Waals surface area (Å²) in [6, 6.07) is 0.555. The maximum atomic E-state index is 12.2. The van der Waals surface area contributed by atoms with Gasteiger partial charge in [-0.3, -0.25) is 9.69 Å². The van der Waals surface area contributed by atoms with Crippen LogP contribution in [0.5, 0.6) is 0 Å². The van der Waals surface area contributed by atoms with E-state index in [0.717, 1.165) is 25.8 Å². The topological polar surface area (TPSA) is 61.8 Å². The minimum absolute atomic E-state index is 0.0923. The van der Waals surface area contributed by atoms with Gasteiger partial charge in [0, 0.05) is 31.2 Å². The first-order valence-electron chi connectivity index (χ1n) is 8.38. The van der Waals surface area contributed by atoms with Crippen molar-refractivity contribution in [3.05, 3.63) is 0 Å². The molecular formula is C16H30N2O3. The number of nitrogens with zero attached hydrogens (tertiary/aromatic N) is 1. The third-order valence-corrected chi connectivity index (χ3v) is 5.12. The van der Waals surface area contributed by atoms with Gasteiger partial charge in [0.1, 0.15) is 0 Å². The van der Waals surface area contributed by atoms with E-state index in [1.54, 1.807) is 0 Å². The molecule has 0 radical (unpaired) electrons. The van der Waals surface area contributed by atoms with Gasteiger partial charge in [0.25, 0.3) is 0 Å². The quantitative estimate of drug-likeness (QED) is 0.772. The monoisotopic (exact) mass is 298 g/mol. The molecule has 2 rings (SSSR count). The first-order valence-corrected chi connectivity index (χ1v) is 8.38. The predicted molar refractivity (Wildman–Crippen MR) is 82.1 cm³/mol. The van der Waals surface area contributed by atoms with Crippen molar-refractivity contribution in [2.75, 3.05) is 39.5 Å². The van der Waals surface area contributed by atoms with Crippen LogP contribution in [0, 0.1) is 5.41 Å². The lowest BCUT2D eigenvalue weighted by Crippen LogP contribution is -2.49. The van der Waals surface area contributed by atoms with Crippen LogP contribution in [0.15, 0.2) is 0 Å². The van der Waals surface area contributed by atoms with Crippen LogP contribution in [0.1, 0.15) is 45.4 Å². The average molecular weight is 298 g/mol. The van der Waals surface area contributed by atoms with E-state index < -0.39 is 0 Å². The Morgan fingerprint density at radius 1 is 1.38 bits per heavy atom. The summed E-state index contributed by atoms with van der Waals surface area (Å²) in [5.41, 5.74) is -0.181. The van der Waals surface area contributed by atoms with Gasteiger partial charge in [-0.05, 0) is 38.6 Å². The number of likely N-dealkylation sites (tertiary alicyclic amines) is 1. The largest absolute Gasteiger partial charge is 0.396 e. The Balaban J connectivity index is 1.78. The highest BCUT2D eigenvalue weighted by molar-refractivity contribution is 5.78. The van der Waals surface area contributed by atoms with E-state index in [-0.39, 0.29) is 17.9 Å². The molecule has 1 atom stereocenters. The van der Waals surface area contributed by atoms with Crippen LogP contribution in [0.25, 0.3) is 0 Å². The fourth-order valence-electron chi connectivity index (χ4n) is 3.45. The van der Waals surface area contributed by atoms with Gasteiger partial charge < -0.3 is 15.2 Å². The normalized spacial score (nSPS) is 26.5. The Morgan fingerprint density at radius 3 is 2.81 bits per heavy atom. The predicted octanol–water partition coefficient (Wildman–Crippen LogP) is 1.16. The molecule has 0 aromatic heterocycles. The molecule has 21 heavy (non-hydrogen) atoms. The van der Waals surface area contributed by atoms with Gasteiger partial charge in [-0.15, -0.1) is 0 Å². The van der Waals surface area contributed by atoms with E-state index >= 15 is 0 Å². The molecular weight excluding hydrogens is 268 g/mol. The molecule has 2 fully saturated rings. The van der Waals surface area contributed by atoms with Gasteiger partial charge in [0.2, 0.25) is 5.91 Å². The lowest BCUT2D eigenvalue weighted by Gasteiger charge is -2.37. The molecule has 2 aliphatic rings. The SMILES string of the molecule is CCC1CCCCN1CC(=O)NCC1(CO)CCOCC1. The van der Waals surface area contributed by atoms with Crippen molar-refractivity contribution in [2.45, 2.75) is 51.5 Å². The maximum absolute atomic E-state index is 12.2. The highest BCUT2D eigenvalue weighted by Crippen LogP contribution is 2.29. The first kappa shape index (κ1) is 16.7. The second-order valence-electron chi connectivity index (χ2n) is 6.58. The minimum Gasteiger partial charge on any atom is -0.396 e. The van der Waals surface area contributed by atoms with Crippen molar-refractivity contribution in [2.24, 2.45) is 5.41 Å². The minimum atomic E-state index is -0.181. The zero-order valence-corrected chi connectivity index (χ0v) is 13.3. The standard InChI is InChI=1S/C16H30N2O3/c1-2-14-5-3-4-8-18(14)11-15(20)17-12-16(13-19)6-9-21-10-7-16/h14,19H,2-13H2,1H3,(H,17,20).